The molecule has 9 nitrogen and oxygen atoms in total. The number of hydrogen-bond acceptors (Lipinski definition) is 6. The second-order valence-electron chi connectivity index (χ2n) is 9.40. The third-order valence-corrected chi connectivity index (χ3v) is 8.37. The van der Waals surface area contributed by atoms with Gasteiger partial charge in [0.15, 0.2) is 0 Å². The van der Waals surface area contributed by atoms with Crippen molar-refractivity contribution < 1.29 is 23.1 Å². The molecule has 1 fully saturated rings. The number of nitrogens with two attached hydrogens (primary N) is 1. The summed E-state index contributed by atoms with van der Waals surface area (Å²) in [4.78, 5) is 25.9. The Labute approximate surface area is 237 Å². The molecule has 0 spiro atoms. The van der Waals surface area contributed by atoms with Crippen LogP contribution in [0.4, 0.5) is 5.69 Å². The number of carbonyl (C=O) groups excluding carboxylic acids is 2. The zero-order valence-corrected chi connectivity index (χ0v) is 23.1. The molecule has 206 valence electrons. The highest BCUT2D eigenvalue weighted by atomic mass is 35.5. The van der Waals surface area contributed by atoms with Gasteiger partial charge in [0.25, 0.3) is 5.91 Å². The van der Waals surface area contributed by atoms with Gasteiger partial charge in [-0.2, -0.15) is 0 Å². The number of rotatable bonds is 11. The van der Waals surface area contributed by atoms with Gasteiger partial charge in [0, 0.05) is 40.3 Å². The van der Waals surface area contributed by atoms with E-state index in [0.717, 1.165) is 11.1 Å². The summed E-state index contributed by atoms with van der Waals surface area (Å²) in [6.07, 6.45) is 0. The summed E-state index contributed by atoms with van der Waals surface area (Å²) < 4.78 is 28.4. The van der Waals surface area contributed by atoms with Crippen LogP contribution in [0.25, 0.3) is 0 Å². The Morgan fingerprint density at radius 2 is 1.54 bits per heavy atom. The average molecular weight is 592 g/mol. The van der Waals surface area contributed by atoms with Crippen molar-refractivity contribution >= 4 is 50.7 Å². The molecule has 2 amide bonds. The van der Waals surface area contributed by atoms with E-state index in [2.05, 4.69) is 14.9 Å². The molecule has 0 aromatic heterocycles. The molecule has 1 unspecified atom stereocenters. The number of aliphatic hydroxyl groups is 1. The van der Waals surface area contributed by atoms with E-state index in [9.17, 15) is 23.1 Å². The highest BCUT2D eigenvalue weighted by Gasteiger charge is 2.36. The zero-order chi connectivity index (χ0) is 28.2. The highest BCUT2D eigenvalue weighted by molar-refractivity contribution is 7.92. The van der Waals surface area contributed by atoms with Crippen LogP contribution in [0.3, 0.4) is 0 Å². The molecular weight excluding hydrogens is 563 g/mol. The number of amides is 2. The van der Waals surface area contributed by atoms with Crippen molar-refractivity contribution in [2.24, 2.45) is 11.7 Å². The molecule has 5 N–H and O–H groups in total. The fraction of sp³-hybridized carbons (Fsp3) is 0.259. The maximum absolute atomic E-state index is 12.9. The zero-order valence-electron chi connectivity index (χ0n) is 20.8. The van der Waals surface area contributed by atoms with Crippen LogP contribution in [-0.2, 0) is 14.8 Å². The van der Waals surface area contributed by atoms with Crippen LogP contribution in [0.15, 0.2) is 72.8 Å². The molecule has 1 aliphatic rings. The molecule has 1 saturated heterocycles. The van der Waals surface area contributed by atoms with Crippen molar-refractivity contribution in [3.63, 3.8) is 0 Å². The van der Waals surface area contributed by atoms with Gasteiger partial charge in [-0.25, -0.2) is 8.42 Å². The lowest BCUT2D eigenvalue weighted by molar-refractivity contribution is -0.120. The molecule has 39 heavy (non-hydrogen) atoms. The smallest absolute Gasteiger partial charge is 0.252 e. The first-order chi connectivity index (χ1) is 18.5. The number of primary amides is 1. The minimum Gasteiger partial charge on any atom is -0.394 e. The first-order valence-electron chi connectivity index (χ1n) is 12.1. The minimum absolute atomic E-state index is 0.0789. The monoisotopic (exact) mass is 590 g/mol. The van der Waals surface area contributed by atoms with Crippen LogP contribution >= 0.6 is 23.2 Å². The maximum Gasteiger partial charge on any atom is 0.252 e. The summed E-state index contributed by atoms with van der Waals surface area (Å²) in [5.74, 6) is -1.75. The third-order valence-electron chi connectivity index (χ3n) is 6.41. The molecule has 1 heterocycles. The second-order valence-corrected chi connectivity index (χ2v) is 12.0. The van der Waals surface area contributed by atoms with Gasteiger partial charge < -0.3 is 16.2 Å². The summed E-state index contributed by atoms with van der Waals surface area (Å²) in [7, 11) is -3.73. The van der Waals surface area contributed by atoms with Crippen LogP contribution < -0.4 is 15.8 Å². The summed E-state index contributed by atoms with van der Waals surface area (Å²) >= 11 is 12.2. The first kappa shape index (κ1) is 28.8. The van der Waals surface area contributed by atoms with Gasteiger partial charge in [-0.05, 0) is 53.6 Å². The molecule has 0 aliphatic carbocycles. The SMILES string of the molecule is NC(=O)C(CO)NC(=O)c1cccc(NS(=O)(=O)CC2CN(C(c3ccc(Cl)cc3)c3ccc(Cl)cc3)C2)c1. The highest BCUT2D eigenvalue weighted by Crippen LogP contribution is 2.35. The molecule has 3 aromatic rings. The number of anilines is 1. The Kier molecular flexibility index (Phi) is 9.14. The molecule has 0 saturated carbocycles. The number of carbonyl (C=O) groups is 2. The summed E-state index contributed by atoms with van der Waals surface area (Å²) in [5.41, 5.74) is 7.53. The number of halogens is 2. The number of nitrogens with one attached hydrogen (secondary N) is 2. The van der Waals surface area contributed by atoms with Crippen LogP contribution in [0.1, 0.15) is 27.5 Å². The van der Waals surface area contributed by atoms with Crippen LogP contribution in [-0.4, -0.2) is 61.7 Å². The van der Waals surface area contributed by atoms with Crippen LogP contribution in [0.5, 0.6) is 0 Å². The van der Waals surface area contributed by atoms with Gasteiger partial charge in [-0.15, -0.1) is 0 Å². The van der Waals surface area contributed by atoms with Gasteiger partial charge in [-0.3, -0.25) is 19.2 Å². The van der Waals surface area contributed by atoms with Crippen molar-refractivity contribution in [3.8, 4) is 0 Å². The van der Waals surface area contributed by atoms with Crippen LogP contribution in [0.2, 0.25) is 10.0 Å². The van der Waals surface area contributed by atoms with Gasteiger partial charge >= 0.3 is 0 Å². The largest absolute Gasteiger partial charge is 0.394 e. The van der Waals surface area contributed by atoms with Crippen molar-refractivity contribution in [2.75, 3.05) is 30.2 Å². The standard InChI is InChI=1S/C27H28Cl2N4O5S/c28-21-8-4-18(5-9-21)25(19-6-10-22(29)11-7-19)33-13-17(14-33)16-39(37,38)32-23-3-1-2-20(12-23)27(36)31-24(15-34)26(30)35/h1-12,17,24-25,32,34H,13-16H2,(H2,30,35)(H,31,36). The number of nitrogens with zero attached hydrogens (tertiary/aromatic N) is 1. The number of sulfonamides is 1. The molecule has 3 aromatic carbocycles. The van der Waals surface area contributed by atoms with Crippen molar-refractivity contribution in [1.82, 2.24) is 10.2 Å². The lowest BCUT2D eigenvalue weighted by Crippen LogP contribution is -2.51. The first-order valence-corrected chi connectivity index (χ1v) is 14.5. The predicted molar refractivity (Wildman–Crippen MR) is 151 cm³/mol. The second kappa shape index (κ2) is 12.4. The number of likely N-dealkylation sites (tertiary alicyclic amines) is 1. The molecule has 0 radical (unpaired) electrons. The van der Waals surface area contributed by atoms with E-state index in [-0.39, 0.29) is 29.0 Å². The predicted octanol–water partition coefficient (Wildman–Crippen LogP) is 3.03. The van der Waals surface area contributed by atoms with E-state index in [1.54, 1.807) is 0 Å². The summed E-state index contributed by atoms with van der Waals surface area (Å²) in [5, 5.41) is 12.8. The summed E-state index contributed by atoms with van der Waals surface area (Å²) in [6, 6.07) is 19.7. The van der Waals surface area contributed by atoms with Crippen molar-refractivity contribution in [3.05, 3.63) is 99.5 Å². The van der Waals surface area contributed by atoms with E-state index in [0.29, 0.717) is 23.1 Å². The lowest BCUT2D eigenvalue weighted by atomic mass is 9.91. The molecule has 4 rings (SSSR count). The van der Waals surface area contributed by atoms with Gasteiger partial charge in [0.1, 0.15) is 6.04 Å². The maximum atomic E-state index is 12.9. The van der Waals surface area contributed by atoms with Gasteiger partial charge in [0.2, 0.25) is 15.9 Å². The summed E-state index contributed by atoms with van der Waals surface area (Å²) in [6.45, 7) is 0.479. The Hall–Kier alpha value is -3.15. The van der Waals surface area contributed by atoms with E-state index < -0.39 is 34.5 Å². The average Bonchev–Trinajstić information content (AvgIpc) is 2.87. The topological polar surface area (TPSA) is 142 Å². The number of benzene rings is 3. The number of aliphatic hydroxyl groups excluding tert-OH is 1. The Morgan fingerprint density at radius 3 is 2.05 bits per heavy atom. The quantitative estimate of drug-likeness (QED) is 0.270. The molecule has 12 heteroatoms. The molecule has 0 bridgehead atoms. The Balaban J connectivity index is 1.40. The molecule has 1 atom stereocenters. The van der Waals surface area contributed by atoms with E-state index in [1.165, 1.54) is 24.3 Å². The molecule has 1 aliphatic heterocycles. The van der Waals surface area contributed by atoms with Crippen molar-refractivity contribution in [1.29, 1.82) is 0 Å². The minimum atomic E-state index is -3.73. The Bertz CT molecular complexity index is 1380. The fourth-order valence-corrected chi connectivity index (χ4v) is 6.19. The molecular formula is C27H28Cl2N4O5S. The van der Waals surface area contributed by atoms with Gasteiger partial charge in [-0.1, -0.05) is 53.5 Å². The van der Waals surface area contributed by atoms with E-state index >= 15 is 0 Å². The van der Waals surface area contributed by atoms with E-state index in [4.69, 9.17) is 28.9 Å². The van der Waals surface area contributed by atoms with Crippen molar-refractivity contribution in [2.45, 2.75) is 12.1 Å². The Morgan fingerprint density at radius 1 is 0.974 bits per heavy atom. The fourth-order valence-electron chi connectivity index (χ4n) is 4.53. The number of hydrogen-bond donors (Lipinski definition) is 4. The third kappa shape index (κ3) is 7.49. The van der Waals surface area contributed by atoms with E-state index in [1.807, 2.05) is 48.5 Å². The lowest BCUT2D eigenvalue weighted by Gasteiger charge is -2.44. The normalized spacial score (nSPS) is 15.0. The van der Waals surface area contributed by atoms with Crippen LogP contribution in [0, 0.1) is 5.92 Å². The van der Waals surface area contributed by atoms with Gasteiger partial charge in [0.05, 0.1) is 18.4 Å².